The van der Waals surface area contributed by atoms with Gasteiger partial charge in [0.15, 0.2) is 0 Å². The van der Waals surface area contributed by atoms with Gasteiger partial charge in [0, 0.05) is 24.4 Å². The number of carbonyl (C=O) groups is 2. The van der Waals surface area contributed by atoms with Crippen LogP contribution in [0.4, 0.5) is 13.2 Å². The molecule has 1 aliphatic heterocycles. The van der Waals surface area contributed by atoms with Gasteiger partial charge < -0.3 is 20.7 Å². The Morgan fingerprint density at radius 3 is 2.50 bits per heavy atom. The SMILES string of the molecule is O=C(CCc1cc(C2(C(F)(F)F)CC2)[nH]c1-c1ccccc1)N[C@@H]1C(=O)NC[C@H]1O. The molecule has 2 aliphatic rings. The topological polar surface area (TPSA) is 94.2 Å². The number of carbonyl (C=O) groups excluding carboxylic acids is 2. The molecule has 1 saturated carbocycles. The van der Waals surface area contributed by atoms with Crippen LogP contribution < -0.4 is 10.6 Å². The standard InChI is InChI=1S/C21H22F3N3O3/c22-21(23,24)20(8-9-20)15-10-13(17(26-15)12-4-2-1-3-5-12)6-7-16(29)27-18-14(28)11-25-19(18)30/h1-5,10,14,18,26,28H,6-9,11H2,(H,25,30)(H,27,29)/t14-,18+/m1/s1. The fraction of sp³-hybridized carbons (Fsp3) is 0.429. The van der Waals surface area contributed by atoms with E-state index in [1.165, 1.54) is 6.07 Å². The molecular weight excluding hydrogens is 399 g/mol. The average molecular weight is 421 g/mol. The molecule has 0 spiro atoms. The van der Waals surface area contributed by atoms with E-state index >= 15 is 0 Å². The van der Waals surface area contributed by atoms with Crippen molar-refractivity contribution in [1.29, 1.82) is 0 Å². The lowest BCUT2D eigenvalue weighted by atomic mass is 10.00. The fourth-order valence-corrected chi connectivity index (χ4v) is 3.91. The lowest BCUT2D eigenvalue weighted by Crippen LogP contribution is -2.45. The third-order valence-corrected chi connectivity index (χ3v) is 5.86. The molecular formula is C21H22F3N3O3. The van der Waals surface area contributed by atoms with E-state index < -0.39 is 35.6 Å². The first kappa shape index (κ1) is 20.5. The number of rotatable bonds is 6. The molecule has 1 aliphatic carbocycles. The van der Waals surface area contributed by atoms with Gasteiger partial charge in [-0.2, -0.15) is 13.2 Å². The van der Waals surface area contributed by atoms with E-state index in [0.717, 1.165) is 5.56 Å². The molecule has 1 aromatic heterocycles. The van der Waals surface area contributed by atoms with Gasteiger partial charge in [-0.3, -0.25) is 9.59 Å². The van der Waals surface area contributed by atoms with E-state index in [1.54, 1.807) is 24.3 Å². The minimum atomic E-state index is -4.34. The average Bonchev–Trinajstić information content (AvgIpc) is 3.35. The van der Waals surface area contributed by atoms with Gasteiger partial charge in [-0.05, 0) is 36.5 Å². The third-order valence-electron chi connectivity index (χ3n) is 5.86. The number of hydrogen-bond donors (Lipinski definition) is 4. The van der Waals surface area contributed by atoms with Crippen molar-refractivity contribution in [2.24, 2.45) is 0 Å². The van der Waals surface area contributed by atoms with Crippen molar-refractivity contribution in [2.45, 2.75) is 49.4 Å². The molecule has 2 heterocycles. The Hall–Kier alpha value is -2.81. The van der Waals surface area contributed by atoms with Crippen LogP contribution in [0.3, 0.4) is 0 Å². The summed E-state index contributed by atoms with van der Waals surface area (Å²) >= 11 is 0. The monoisotopic (exact) mass is 421 g/mol. The van der Waals surface area contributed by atoms with Crippen molar-refractivity contribution in [3.8, 4) is 11.3 Å². The number of aromatic amines is 1. The van der Waals surface area contributed by atoms with Gasteiger partial charge in [0.1, 0.15) is 17.6 Å². The molecule has 2 fully saturated rings. The number of benzene rings is 1. The number of aliphatic hydroxyl groups is 1. The second-order valence-electron chi connectivity index (χ2n) is 7.89. The van der Waals surface area contributed by atoms with Gasteiger partial charge in [0.25, 0.3) is 0 Å². The summed E-state index contributed by atoms with van der Waals surface area (Å²) in [7, 11) is 0. The van der Waals surface area contributed by atoms with E-state index in [4.69, 9.17) is 0 Å². The molecule has 0 unspecified atom stereocenters. The van der Waals surface area contributed by atoms with E-state index in [0.29, 0.717) is 11.3 Å². The summed E-state index contributed by atoms with van der Waals surface area (Å²) in [5, 5.41) is 14.7. The minimum Gasteiger partial charge on any atom is -0.389 e. The summed E-state index contributed by atoms with van der Waals surface area (Å²) in [6, 6.07) is 9.50. The maximum absolute atomic E-state index is 13.6. The number of H-pyrrole nitrogens is 1. The summed E-state index contributed by atoms with van der Waals surface area (Å²) in [6.07, 6.45) is -5.08. The second-order valence-corrected chi connectivity index (χ2v) is 7.89. The number of alkyl halides is 3. The minimum absolute atomic E-state index is 0.0212. The van der Waals surface area contributed by atoms with Crippen LogP contribution in [-0.4, -0.2) is 46.8 Å². The molecule has 2 aromatic rings. The van der Waals surface area contributed by atoms with E-state index in [2.05, 4.69) is 15.6 Å². The largest absolute Gasteiger partial charge is 0.399 e. The highest BCUT2D eigenvalue weighted by atomic mass is 19.4. The number of aromatic nitrogens is 1. The van der Waals surface area contributed by atoms with Crippen molar-refractivity contribution >= 4 is 11.8 Å². The van der Waals surface area contributed by atoms with Crippen LogP contribution in [0.1, 0.15) is 30.5 Å². The predicted molar refractivity (Wildman–Crippen MR) is 102 cm³/mol. The van der Waals surface area contributed by atoms with Crippen molar-refractivity contribution in [2.75, 3.05) is 6.54 Å². The summed E-state index contributed by atoms with van der Waals surface area (Å²) < 4.78 is 40.8. The first-order chi connectivity index (χ1) is 14.2. The molecule has 0 bridgehead atoms. The highest BCUT2D eigenvalue weighted by Crippen LogP contribution is 2.59. The predicted octanol–water partition coefficient (Wildman–Crippen LogP) is 2.18. The zero-order chi connectivity index (χ0) is 21.5. The van der Waals surface area contributed by atoms with Gasteiger partial charge >= 0.3 is 6.18 Å². The fourth-order valence-electron chi connectivity index (χ4n) is 3.91. The first-order valence-corrected chi connectivity index (χ1v) is 9.81. The highest BCUT2D eigenvalue weighted by molar-refractivity contribution is 5.90. The maximum atomic E-state index is 13.6. The molecule has 2 amide bonds. The van der Waals surface area contributed by atoms with Crippen molar-refractivity contribution < 1.29 is 27.9 Å². The van der Waals surface area contributed by atoms with Crippen LogP contribution in [0.5, 0.6) is 0 Å². The lowest BCUT2D eigenvalue weighted by Gasteiger charge is -2.17. The van der Waals surface area contributed by atoms with Crippen LogP contribution in [-0.2, 0) is 21.4 Å². The molecule has 30 heavy (non-hydrogen) atoms. The number of hydrogen-bond acceptors (Lipinski definition) is 3. The number of nitrogens with one attached hydrogen (secondary N) is 3. The lowest BCUT2D eigenvalue weighted by molar-refractivity contribution is -0.161. The van der Waals surface area contributed by atoms with E-state index in [9.17, 15) is 27.9 Å². The summed E-state index contributed by atoms with van der Waals surface area (Å²) in [4.78, 5) is 26.9. The molecule has 4 rings (SSSR count). The quantitative estimate of drug-likeness (QED) is 0.576. The van der Waals surface area contributed by atoms with Gasteiger partial charge in [0.05, 0.1) is 0 Å². The van der Waals surface area contributed by atoms with Crippen molar-refractivity contribution in [3.05, 3.63) is 47.7 Å². The van der Waals surface area contributed by atoms with Crippen LogP contribution in [0.15, 0.2) is 36.4 Å². The van der Waals surface area contributed by atoms with Crippen LogP contribution in [0, 0.1) is 0 Å². The molecule has 9 heteroatoms. The second kappa shape index (κ2) is 7.46. The summed E-state index contributed by atoms with van der Waals surface area (Å²) in [5.41, 5.74) is 0.187. The van der Waals surface area contributed by atoms with E-state index in [1.807, 2.05) is 6.07 Å². The third kappa shape index (κ3) is 3.69. The molecule has 1 saturated heterocycles. The Balaban J connectivity index is 1.55. The van der Waals surface area contributed by atoms with Crippen LogP contribution >= 0.6 is 0 Å². The molecule has 160 valence electrons. The van der Waals surface area contributed by atoms with Gasteiger partial charge in [0.2, 0.25) is 11.8 Å². The Morgan fingerprint density at radius 2 is 1.93 bits per heavy atom. The zero-order valence-corrected chi connectivity index (χ0v) is 16.1. The number of amides is 2. The van der Waals surface area contributed by atoms with Crippen LogP contribution in [0.2, 0.25) is 0 Å². The zero-order valence-electron chi connectivity index (χ0n) is 16.1. The summed E-state index contributed by atoms with van der Waals surface area (Å²) in [6.45, 7) is 0.0721. The van der Waals surface area contributed by atoms with Crippen molar-refractivity contribution in [3.63, 3.8) is 0 Å². The normalized spacial score (nSPS) is 22.6. The van der Waals surface area contributed by atoms with Crippen molar-refractivity contribution in [1.82, 2.24) is 15.6 Å². The number of halogens is 3. The summed E-state index contributed by atoms with van der Waals surface area (Å²) in [5.74, 6) is -0.902. The van der Waals surface area contributed by atoms with E-state index in [-0.39, 0.29) is 37.9 Å². The maximum Gasteiger partial charge on any atom is 0.399 e. The number of aryl methyl sites for hydroxylation is 1. The molecule has 1 aromatic carbocycles. The first-order valence-electron chi connectivity index (χ1n) is 9.81. The Morgan fingerprint density at radius 1 is 1.23 bits per heavy atom. The Bertz CT molecular complexity index is 951. The molecule has 2 atom stereocenters. The molecule has 0 radical (unpaired) electrons. The number of aliphatic hydroxyl groups excluding tert-OH is 1. The highest BCUT2D eigenvalue weighted by Gasteiger charge is 2.65. The van der Waals surface area contributed by atoms with Gasteiger partial charge in [-0.1, -0.05) is 30.3 Å². The number of β-amino-alcohol motifs (C(OH)–C–C–N with tert-alkyl or cyclic N) is 1. The molecule has 6 nitrogen and oxygen atoms in total. The Labute approximate surface area is 170 Å². The Kier molecular flexibility index (Phi) is 5.09. The van der Waals surface area contributed by atoms with Crippen LogP contribution in [0.25, 0.3) is 11.3 Å². The van der Waals surface area contributed by atoms with Gasteiger partial charge in [-0.25, -0.2) is 0 Å². The van der Waals surface area contributed by atoms with Gasteiger partial charge in [-0.15, -0.1) is 0 Å². The smallest absolute Gasteiger partial charge is 0.389 e. The molecule has 4 N–H and O–H groups in total.